The molecule has 4 heterocycles. The van der Waals surface area contributed by atoms with E-state index in [0.717, 1.165) is 43.6 Å². The summed E-state index contributed by atoms with van der Waals surface area (Å²) in [5.74, 6) is -4.74. The number of aromatic carboxylic acids is 2. The Kier molecular flexibility index (Phi) is 22.1. The van der Waals surface area contributed by atoms with Crippen LogP contribution in [0.25, 0.3) is 43.6 Å². The number of ether oxygens (including phenoxy) is 2. The van der Waals surface area contributed by atoms with Gasteiger partial charge in [-0.3, -0.25) is 19.9 Å². The fourth-order valence-electron chi connectivity index (χ4n) is 5.20. The van der Waals surface area contributed by atoms with Gasteiger partial charge in [0.25, 0.3) is 0 Å². The molecule has 0 radical (unpaired) electrons. The second kappa shape index (κ2) is 25.7. The Balaban J connectivity index is 0.000000405. The summed E-state index contributed by atoms with van der Waals surface area (Å²) in [6.07, 6.45) is 5.04. The van der Waals surface area contributed by atoms with Crippen molar-refractivity contribution in [3.63, 3.8) is 0 Å². The number of benzene rings is 4. The molecule has 18 heteroatoms. The third kappa shape index (κ3) is 14.7. The Bertz CT molecular complexity index is 2410. The molecule has 0 aliphatic carbocycles. The molecule has 6 N–H and O–H groups in total. The standard InChI is InChI=1S/2C12H8N2.2C10H10O5.2H2O.2Zn/c2*1-3-9-5-6-10-4-2-8-14-12(10)11(9)13-7-1;2*1-6(9(11)12)15-8-4-2-7(3-5-8)10(13)14;;;;/h2*1-8H;2*2-6H,1H3,(H,11,12)(H,13,14);2*1H2;;/q;;;;;;2*+2/p-2/t;;2*6-;;;;/m..10..../s1. The van der Waals surface area contributed by atoms with Crippen molar-refractivity contribution >= 4 is 67.5 Å². The van der Waals surface area contributed by atoms with Gasteiger partial charge in [0.2, 0.25) is 0 Å². The first-order valence-corrected chi connectivity index (χ1v) is 17.5. The maximum atomic E-state index is 10.4. The number of nitrogens with zero attached hydrogens (tertiary/aromatic N) is 4. The van der Waals surface area contributed by atoms with Crippen molar-refractivity contribution in [2.45, 2.75) is 26.1 Å². The zero-order valence-corrected chi connectivity index (χ0v) is 39.4. The number of carbonyl (C=O) groups excluding carboxylic acids is 4. The monoisotopic (exact) mass is 942 g/mol. The first kappa shape index (κ1) is 53.2. The van der Waals surface area contributed by atoms with E-state index in [0.29, 0.717) is 0 Å². The van der Waals surface area contributed by atoms with Crippen LogP contribution in [0.5, 0.6) is 11.5 Å². The molecule has 308 valence electrons. The second-order valence-corrected chi connectivity index (χ2v) is 12.2. The van der Waals surface area contributed by atoms with Crippen LogP contribution in [0, 0.1) is 0 Å². The first-order valence-electron chi connectivity index (χ1n) is 17.5. The van der Waals surface area contributed by atoms with Gasteiger partial charge in [0, 0.05) is 46.3 Å². The van der Waals surface area contributed by atoms with Gasteiger partial charge >= 0.3 is 39.0 Å². The van der Waals surface area contributed by atoms with E-state index in [1.54, 1.807) is 24.8 Å². The number of aliphatic carboxylic acids is 2. The average Bonchev–Trinajstić information content (AvgIpc) is 3.24. The van der Waals surface area contributed by atoms with Crippen LogP contribution in [0.4, 0.5) is 0 Å². The van der Waals surface area contributed by atoms with Gasteiger partial charge in [-0.1, -0.05) is 48.5 Å². The Labute approximate surface area is 379 Å². The maximum absolute atomic E-state index is 10.4. The van der Waals surface area contributed by atoms with Crippen LogP contribution in [0.15, 0.2) is 146 Å². The Morgan fingerprint density at radius 1 is 0.419 bits per heavy atom. The van der Waals surface area contributed by atoms with Crippen LogP contribution in [0.2, 0.25) is 0 Å². The predicted molar refractivity (Wildman–Crippen MR) is 216 cm³/mol. The molecule has 62 heavy (non-hydrogen) atoms. The fraction of sp³-hybridized carbons (Fsp3) is 0.0909. The minimum atomic E-state index is -1.33. The molecule has 0 amide bonds. The Morgan fingerprint density at radius 2 is 0.661 bits per heavy atom. The molecular formula is C44H38N4O12Zn2+2. The number of carboxylic acids is 4. The number of carboxylic acid groups (broad SMARTS) is 4. The van der Waals surface area contributed by atoms with E-state index in [1.807, 2.05) is 24.3 Å². The normalized spacial score (nSPS) is 10.6. The Morgan fingerprint density at radius 3 is 0.871 bits per heavy atom. The number of aromatic nitrogens is 4. The molecule has 2 atom stereocenters. The maximum Gasteiger partial charge on any atom is 2.00 e. The SMILES string of the molecule is C[C@@H](Oc1ccc(C(=O)[O-])cc1)C(=O)[O-].C[C@H](Oc1ccc(C(=O)[O-])cc1)C(=O)[O-].[OH3+].[OH3+].[Zn+2].[Zn+2].c1cnc2c(c1)ccc1cccnc12.c1cnc2c(c1)ccc1cccnc12. The van der Waals surface area contributed by atoms with Crippen LogP contribution in [0.1, 0.15) is 34.6 Å². The number of rotatable bonds is 8. The topological polar surface area (TPSA) is 297 Å². The van der Waals surface area contributed by atoms with Crippen molar-refractivity contribution in [3.05, 3.63) is 157 Å². The number of hydrogen-bond acceptors (Lipinski definition) is 14. The van der Waals surface area contributed by atoms with E-state index in [9.17, 15) is 39.6 Å². The molecule has 0 saturated carbocycles. The first-order chi connectivity index (χ1) is 27.9. The van der Waals surface area contributed by atoms with E-state index in [2.05, 4.69) is 68.5 Å². The fourth-order valence-corrected chi connectivity index (χ4v) is 5.20. The molecule has 0 unspecified atom stereocenters. The zero-order chi connectivity index (χ0) is 41.6. The van der Waals surface area contributed by atoms with Gasteiger partial charge in [-0.2, -0.15) is 0 Å². The number of carbonyl (C=O) groups is 4. The molecule has 4 aromatic heterocycles. The van der Waals surface area contributed by atoms with Gasteiger partial charge in [-0.25, -0.2) is 0 Å². The van der Waals surface area contributed by atoms with Gasteiger partial charge in [0.15, 0.2) is 0 Å². The van der Waals surface area contributed by atoms with Crippen molar-refractivity contribution in [3.8, 4) is 11.5 Å². The van der Waals surface area contributed by atoms with Crippen LogP contribution in [0.3, 0.4) is 0 Å². The molecule has 0 spiro atoms. The molecule has 0 bridgehead atoms. The molecule has 0 fully saturated rings. The van der Waals surface area contributed by atoms with Crippen molar-refractivity contribution in [2.24, 2.45) is 0 Å². The predicted octanol–water partition coefficient (Wildman–Crippen LogP) is 0.852. The van der Waals surface area contributed by atoms with Gasteiger partial charge in [0.1, 0.15) is 23.7 Å². The zero-order valence-electron chi connectivity index (χ0n) is 33.5. The van der Waals surface area contributed by atoms with Crippen molar-refractivity contribution in [1.82, 2.24) is 19.9 Å². The van der Waals surface area contributed by atoms with Gasteiger partial charge in [0.05, 0.1) is 45.9 Å². The molecule has 8 aromatic rings. The van der Waals surface area contributed by atoms with Crippen LogP contribution in [-0.4, -0.2) is 56.0 Å². The smallest absolute Gasteiger partial charge is 0.546 e. The quantitative estimate of drug-likeness (QED) is 0.116. The summed E-state index contributed by atoms with van der Waals surface area (Å²) < 4.78 is 9.87. The molecule has 8 rings (SSSR count). The third-order valence-electron chi connectivity index (χ3n) is 8.16. The summed E-state index contributed by atoms with van der Waals surface area (Å²) >= 11 is 0. The van der Waals surface area contributed by atoms with Crippen molar-refractivity contribution < 1.29 is 99.0 Å². The molecular weight excluding hydrogens is 907 g/mol. The van der Waals surface area contributed by atoms with E-state index < -0.39 is 36.1 Å². The minimum Gasteiger partial charge on any atom is -0.546 e. The van der Waals surface area contributed by atoms with Crippen LogP contribution >= 0.6 is 0 Å². The van der Waals surface area contributed by atoms with E-state index in [-0.39, 0.29) is 72.5 Å². The van der Waals surface area contributed by atoms with Crippen LogP contribution < -0.4 is 29.9 Å². The summed E-state index contributed by atoms with van der Waals surface area (Å²) in [7, 11) is 0. The summed E-state index contributed by atoms with van der Waals surface area (Å²) in [4.78, 5) is 58.8. The minimum absolute atomic E-state index is 0. The summed E-state index contributed by atoms with van der Waals surface area (Å²) in [6, 6.07) is 34.8. The van der Waals surface area contributed by atoms with Crippen molar-refractivity contribution in [2.75, 3.05) is 0 Å². The van der Waals surface area contributed by atoms with Gasteiger partial charge in [-0.15, -0.1) is 0 Å². The van der Waals surface area contributed by atoms with E-state index in [1.165, 1.54) is 62.4 Å². The molecule has 16 nitrogen and oxygen atoms in total. The third-order valence-corrected chi connectivity index (χ3v) is 8.16. The van der Waals surface area contributed by atoms with Crippen LogP contribution in [-0.2, 0) is 59.5 Å². The average molecular weight is 946 g/mol. The molecule has 0 aliphatic heterocycles. The molecule has 0 aliphatic rings. The largest absolute Gasteiger partial charge is 2.00 e. The van der Waals surface area contributed by atoms with Crippen molar-refractivity contribution in [1.29, 1.82) is 0 Å². The van der Waals surface area contributed by atoms with E-state index >= 15 is 0 Å². The number of fused-ring (bicyclic) bond motifs is 6. The second-order valence-electron chi connectivity index (χ2n) is 12.2. The summed E-state index contributed by atoms with van der Waals surface area (Å²) in [5, 5.41) is 46.0. The Hall–Kier alpha value is -6.83. The number of hydrogen-bond donors (Lipinski definition) is 0. The summed E-state index contributed by atoms with van der Waals surface area (Å²) in [6.45, 7) is 2.64. The number of pyridine rings is 4. The van der Waals surface area contributed by atoms with E-state index in [4.69, 9.17) is 9.47 Å². The summed E-state index contributed by atoms with van der Waals surface area (Å²) in [5.41, 5.74) is 3.92. The van der Waals surface area contributed by atoms with Gasteiger partial charge in [-0.05, 0) is 97.8 Å². The molecule has 0 saturated heterocycles. The van der Waals surface area contributed by atoms with Gasteiger partial charge < -0.3 is 60.0 Å². The molecule has 4 aromatic carbocycles.